The number of nitrogens with zero attached hydrogens (tertiary/aromatic N) is 1. The first kappa shape index (κ1) is 10.8. The van der Waals surface area contributed by atoms with Crippen molar-refractivity contribution < 1.29 is 9.53 Å². The monoisotopic (exact) mass is 233 g/mol. The number of esters is 1. The maximum absolute atomic E-state index is 11.2. The van der Waals surface area contributed by atoms with E-state index in [-0.39, 0.29) is 5.97 Å². The molecule has 0 amide bonds. The van der Waals surface area contributed by atoms with Gasteiger partial charge in [-0.25, -0.2) is 9.78 Å². The van der Waals surface area contributed by atoms with Crippen LogP contribution in [0, 0.1) is 6.92 Å². The van der Waals surface area contributed by atoms with E-state index >= 15 is 0 Å². The van der Waals surface area contributed by atoms with Crippen molar-refractivity contribution in [1.82, 2.24) is 4.98 Å². The number of hydrogen-bond donors (Lipinski definition) is 0. The van der Waals surface area contributed by atoms with Gasteiger partial charge in [0.1, 0.15) is 0 Å². The Labute approximate surface area is 97.7 Å². The van der Waals surface area contributed by atoms with Crippen LogP contribution in [-0.2, 0) is 4.74 Å². The Morgan fingerprint density at radius 2 is 2.00 bits per heavy atom. The summed E-state index contributed by atoms with van der Waals surface area (Å²) in [6.45, 7) is 2.03. The van der Waals surface area contributed by atoms with E-state index in [1.807, 2.05) is 36.6 Å². The summed E-state index contributed by atoms with van der Waals surface area (Å²) in [5.74, 6) is -0.386. The van der Waals surface area contributed by atoms with E-state index in [0.717, 1.165) is 11.3 Å². The third kappa shape index (κ3) is 2.12. The number of carbonyl (C=O) groups excluding carboxylic acids is 1. The summed E-state index contributed by atoms with van der Waals surface area (Å²) in [5.41, 5.74) is 3.02. The zero-order valence-corrected chi connectivity index (χ0v) is 9.88. The predicted octanol–water partition coefficient (Wildman–Crippen LogP) is 2.91. The topological polar surface area (TPSA) is 39.2 Å². The summed E-state index contributed by atoms with van der Waals surface area (Å²) in [6, 6.07) is 8.02. The molecular formula is C12H11NO2S. The van der Waals surface area contributed by atoms with Crippen molar-refractivity contribution in [3.8, 4) is 11.3 Å². The van der Waals surface area contributed by atoms with Crippen molar-refractivity contribution in [2.45, 2.75) is 6.92 Å². The van der Waals surface area contributed by atoms with Crippen molar-refractivity contribution in [1.29, 1.82) is 0 Å². The second kappa shape index (κ2) is 4.45. The molecule has 0 aliphatic rings. The molecule has 0 aliphatic heterocycles. The lowest BCUT2D eigenvalue weighted by atomic mass is 10.1. The fourth-order valence-corrected chi connectivity index (χ4v) is 2.05. The Kier molecular flexibility index (Phi) is 3.01. The molecule has 0 radical (unpaired) electrons. The minimum Gasteiger partial charge on any atom is -0.464 e. The highest BCUT2D eigenvalue weighted by atomic mass is 32.1. The first-order valence-corrected chi connectivity index (χ1v) is 5.69. The summed E-state index contributed by atoms with van der Waals surface area (Å²) in [6.07, 6.45) is 0. The van der Waals surface area contributed by atoms with Crippen LogP contribution in [0.5, 0.6) is 0 Å². The van der Waals surface area contributed by atoms with E-state index < -0.39 is 0 Å². The van der Waals surface area contributed by atoms with Crippen molar-refractivity contribution in [3.63, 3.8) is 0 Å². The van der Waals surface area contributed by atoms with Gasteiger partial charge in [-0.3, -0.25) is 0 Å². The Balaban J connectivity index is 2.31. The predicted molar refractivity (Wildman–Crippen MR) is 63.6 cm³/mol. The van der Waals surface area contributed by atoms with Gasteiger partial charge in [0.2, 0.25) is 5.01 Å². The van der Waals surface area contributed by atoms with Gasteiger partial charge in [0, 0.05) is 10.9 Å². The molecule has 0 saturated carbocycles. The maximum atomic E-state index is 11.2. The molecule has 0 spiro atoms. The first-order chi connectivity index (χ1) is 7.70. The minimum atomic E-state index is -0.386. The number of carbonyl (C=O) groups is 1. The smallest absolute Gasteiger partial charge is 0.367 e. The molecule has 0 unspecified atom stereocenters. The molecule has 82 valence electrons. The first-order valence-electron chi connectivity index (χ1n) is 4.81. The number of benzene rings is 1. The molecule has 0 aliphatic carbocycles. The van der Waals surface area contributed by atoms with Crippen LogP contribution in [0.1, 0.15) is 15.4 Å². The van der Waals surface area contributed by atoms with Crippen molar-refractivity contribution in [2.24, 2.45) is 0 Å². The number of ether oxygens (including phenoxy) is 1. The highest BCUT2D eigenvalue weighted by molar-refractivity contribution is 7.11. The standard InChI is InChI=1S/C12H11NO2S/c1-8-3-5-9(6-4-8)10-7-16-11(13-10)12(14)15-2/h3-7H,1-2H3. The Morgan fingerprint density at radius 3 is 2.62 bits per heavy atom. The van der Waals surface area contributed by atoms with Gasteiger partial charge in [-0.1, -0.05) is 29.8 Å². The number of hydrogen-bond acceptors (Lipinski definition) is 4. The Hall–Kier alpha value is -1.68. The van der Waals surface area contributed by atoms with Crippen LogP contribution in [-0.4, -0.2) is 18.1 Å². The number of aromatic nitrogens is 1. The molecule has 0 saturated heterocycles. The van der Waals surface area contributed by atoms with Gasteiger partial charge in [0.05, 0.1) is 12.8 Å². The number of thiazole rings is 1. The lowest BCUT2D eigenvalue weighted by Crippen LogP contribution is -1.99. The average molecular weight is 233 g/mol. The van der Waals surface area contributed by atoms with Crippen molar-refractivity contribution >= 4 is 17.3 Å². The van der Waals surface area contributed by atoms with Gasteiger partial charge in [-0.2, -0.15) is 0 Å². The summed E-state index contributed by atoms with van der Waals surface area (Å²) in [7, 11) is 1.36. The molecule has 4 heteroatoms. The largest absolute Gasteiger partial charge is 0.464 e. The summed E-state index contributed by atoms with van der Waals surface area (Å²) in [5, 5.41) is 2.25. The third-order valence-electron chi connectivity index (χ3n) is 2.21. The molecule has 0 fully saturated rings. The van der Waals surface area contributed by atoms with Crippen LogP contribution in [0.15, 0.2) is 29.6 Å². The van der Waals surface area contributed by atoms with Gasteiger partial charge in [0.15, 0.2) is 0 Å². The third-order valence-corrected chi connectivity index (χ3v) is 3.03. The summed E-state index contributed by atoms with van der Waals surface area (Å²) >= 11 is 1.30. The van der Waals surface area contributed by atoms with E-state index in [2.05, 4.69) is 9.72 Å². The van der Waals surface area contributed by atoms with Gasteiger partial charge >= 0.3 is 5.97 Å². The highest BCUT2D eigenvalue weighted by Gasteiger charge is 2.11. The SMILES string of the molecule is COC(=O)c1nc(-c2ccc(C)cc2)cs1. The summed E-state index contributed by atoms with van der Waals surface area (Å²) in [4.78, 5) is 15.5. The fraction of sp³-hybridized carbons (Fsp3) is 0.167. The van der Waals surface area contributed by atoms with E-state index in [9.17, 15) is 4.79 Å². The number of rotatable bonds is 2. The van der Waals surface area contributed by atoms with E-state index in [4.69, 9.17) is 0 Å². The summed E-state index contributed by atoms with van der Waals surface area (Å²) < 4.78 is 4.61. The molecule has 0 bridgehead atoms. The molecule has 1 aromatic carbocycles. The van der Waals surface area contributed by atoms with Gasteiger partial charge in [0.25, 0.3) is 0 Å². The van der Waals surface area contributed by atoms with Gasteiger partial charge < -0.3 is 4.74 Å². The normalized spacial score (nSPS) is 10.1. The molecule has 2 rings (SSSR count). The zero-order chi connectivity index (χ0) is 11.5. The lowest BCUT2D eigenvalue weighted by Gasteiger charge is -1.96. The van der Waals surface area contributed by atoms with Crippen LogP contribution in [0.2, 0.25) is 0 Å². The molecule has 1 heterocycles. The molecule has 16 heavy (non-hydrogen) atoms. The second-order valence-electron chi connectivity index (χ2n) is 3.40. The van der Waals surface area contributed by atoms with E-state index in [0.29, 0.717) is 5.01 Å². The van der Waals surface area contributed by atoms with Crippen LogP contribution < -0.4 is 0 Å². The Bertz CT molecular complexity index is 502. The molecule has 2 aromatic rings. The maximum Gasteiger partial charge on any atom is 0.367 e. The van der Waals surface area contributed by atoms with Crippen molar-refractivity contribution in [2.75, 3.05) is 7.11 Å². The van der Waals surface area contributed by atoms with Crippen LogP contribution in [0.3, 0.4) is 0 Å². The van der Waals surface area contributed by atoms with Crippen molar-refractivity contribution in [3.05, 3.63) is 40.2 Å². The van der Waals surface area contributed by atoms with E-state index in [1.165, 1.54) is 24.0 Å². The fourth-order valence-electron chi connectivity index (χ4n) is 1.31. The molecule has 0 N–H and O–H groups in total. The average Bonchev–Trinajstić information content (AvgIpc) is 2.78. The van der Waals surface area contributed by atoms with Crippen LogP contribution in [0.4, 0.5) is 0 Å². The molecule has 1 aromatic heterocycles. The van der Waals surface area contributed by atoms with Gasteiger partial charge in [-0.05, 0) is 6.92 Å². The van der Waals surface area contributed by atoms with Gasteiger partial charge in [-0.15, -0.1) is 11.3 Å². The van der Waals surface area contributed by atoms with E-state index in [1.54, 1.807) is 0 Å². The lowest BCUT2D eigenvalue weighted by molar-refractivity contribution is 0.0600. The van der Waals surface area contributed by atoms with Crippen LogP contribution in [0.25, 0.3) is 11.3 Å². The second-order valence-corrected chi connectivity index (χ2v) is 4.25. The minimum absolute atomic E-state index is 0.386. The number of aryl methyl sites for hydroxylation is 1. The highest BCUT2D eigenvalue weighted by Crippen LogP contribution is 2.22. The zero-order valence-electron chi connectivity index (χ0n) is 9.06. The number of methoxy groups -OCH3 is 1. The Morgan fingerprint density at radius 1 is 1.31 bits per heavy atom. The molecule has 0 atom stereocenters. The molecular weight excluding hydrogens is 222 g/mol. The quantitative estimate of drug-likeness (QED) is 0.749. The van der Waals surface area contributed by atoms with Crippen LogP contribution >= 0.6 is 11.3 Å². The molecule has 3 nitrogen and oxygen atoms in total.